The van der Waals surface area contributed by atoms with E-state index in [1.54, 1.807) is 0 Å². The second-order valence-corrected chi connectivity index (χ2v) is 6.40. The first-order valence-electron chi connectivity index (χ1n) is 8.63. The number of carbonyl (C=O) groups excluding carboxylic acids is 1. The Balaban J connectivity index is 0.00000243. The second-order valence-electron chi connectivity index (χ2n) is 6.40. The molecule has 1 aliphatic rings. The van der Waals surface area contributed by atoms with Crippen LogP contribution in [0.5, 0.6) is 5.75 Å². The summed E-state index contributed by atoms with van der Waals surface area (Å²) in [6.45, 7) is 2.49. The Morgan fingerprint density at radius 1 is 1.19 bits per heavy atom. The molecule has 0 bridgehead atoms. The molecule has 2 aromatic carbocycles. The minimum absolute atomic E-state index is 0. The van der Waals surface area contributed by atoms with E-state index < -0.39 is 6.10 Å². The molecule has 3 rings (SSSR count). The fourth-order valence-corrected chi connectivity index (χ4v) is 2.71. The molecule has 1 saturated heterocycles. The maximum Gasteiger partial charge on any atom is 0.220 e. The molecule has 1 amide bonds. The van der Waals surface area contributed by atoms with Crippen LogP contribution in [0, 0.1) is 5.92 Å². The first-order chi connectivity index (χ1) is 12.2. The number of hydrogen-bond acceptors (Lipinski definition) is 4. The highest BCUT2D eigenvalue weighted by Gasteiger charge is 2.20. The summed E-state index contributed by atoms with van der Waals surface area (Å²) in [5, 5.41) is 16.2. The fraction of sp³-hybridized carbons (Fsp3) is 0.350. The third-order valence-corrected chi connectivity index (χ3v) is 4.32. The standard InChI is InChI=1S/C20H24N2O3.ClH/c23-19(13-22-20(24)9-16-11-21-12-16)17-7-4-8-18(10-17)25-14-15-5-2-1-3-6-15;/h1-8,10,16,19,21,23H,9,11-14H2,(H,22,24);1H. The maximum absolute atomic E-state index is 11.8. The lowest BCUT2D eigenvalue weighted by atomic mass is 9.99. The zero-order valence-electron chi connectivity index (χ0n) is 14.6. The summed E-state index contributed by atoms with van der Waals surface area (Å²) in [7, 11) is 0. The molecule has 1 atom stereocenters. The topological polar surface area (TPSA) is 70.6 Å². The van der Waals surface area contributed by atoms with Gasteiger partial charge in [-0.25, -0.2) is 0 Å². The molecule has 2 aromatic rings. The van der Waals surface area contributed by atoms with Crippen molar-refractivity contribution in [3.05, 3.63) is 65.7 Å². The molecule has 0 aromatic heterocycles. The molecule has 3 N–H and O–H groups in total. The van der Waals surface area contributed by atoms with Gasteiger partial charge in [0, 0.05) is 13.0 Å². The van der Waals surface area contributed by atoms with Crippen LogP contribution in [-0.4, -0.2) is 30.6 Å². The van der Waals surface area contributed by atoms with E-state index in [1.807, 2.05) is 54.6 Å². The molecule has 1 fully saturated rings. The quantitative estimate of drug-likeness (QED) is 0.661. The average Bonchev–Trinajstić information content (AvgIpc) is 2.62. The summed E-state index contributed by atoms with van der Waals surface area (Å²) >= 11 is 0. The van der Waals surface area contributed by atoms with Crippen molar-refractivity contribution in [2.75, 3.05) is 19.6 Å². The molecule has 6 heteroatoms. The smallest absolute Gasteiger partial charge is 0.220 e. The number of aliphatic hydroxyl groups excluding tert-OH is 1. The summed E-state index contributed by atoms with van der Waals surface area (Å²) in [5.74, 6) is 1.11. The predicted octanol–water partition coefficient (Wildman–Crippen LogP) is 2.45. The fourth-order valence-electron chi connectivity index (χ4n) is 2.71. The van der Waals surface area contributed by atoms with E-state index in [0.717, 1.165) is 24.2 Å². The van der Waals surface area contributed by atoms with Crippen LogP contribution in [0.4, 0.5) is 0 Å². The molecule has 1 heterocycles. The highest BCUT2D eigenvalue weighted by molar-refractivity contribution is 5.85. The molecule has 0 aliphatic carbocycles. The van der Waals surface area contributed by atoms with E-state index >= 15 is 0 Å². The number of carbonyl (C=O) groups is 1. The Bertz CT molecular complexity index is 692. The van der Waals surface area contributed by atoms with E-state index in [-0.39, 0.29) is 24.9 Å². The third kappa shape index (κ3) is 6.02. The lowest BCUT2D eigenvalue weighted by Gasteiger charge is -2.26. The van der Waals surface area contributed by atoms with Gasteiger partial charge in [0.1, 0.15) is 12.4 Å². The summed E-state index contributed by atoms with van der Waals surface area (Å²) in [5.41, 5.74) is 1.82. The third-order valence-electron chi connectivity index (χ3n) is 4.32. The molecular formula is C20H25ClN2O3. The van der Waals surface area contributed by atoms with Gasteiger partial charge in [0.2, 0.25) is 5.91 Å². The van der Waals surface area contributed by atoms with Crippen molar-refractivity contribution >= 4 is 18.3 Å². The van der Waals surface area contributed by atoms with E-state index in [9.17, 15) is 9.90 Å². The average molecular weight is 377 g/mol. The summed E-state index contributed by atoms with van der Waals surface area (Å²) in [4.78, 5) is 11.8. The number of amides is 1. The molecule has 1 aliphatic heterocycles. The molecular weight excluding hydrogens is 352 g/mol. The Labute approximate surface area is 160 Å². The van der Waals surface area contributed by atoms with Gasteiger partial charge in [-0.3, -0.25) is 4.79 Å². The van der Waals surface area contributed by atoms with Gasteiger partial charge < -0.3 is 20.5 Å². The van der Waals surface area contributed by atoms with Crippen LogP contribution in [0.25, 0.3) is 0 Å². The summed E-state index contributed by atoms with van der Waals surface area (Å²) in [6, 6.07) is 17.3. The van der Waals surface area contributed by atoms with Crippen LogP contribution in [0.3, 0.4) is 0 Å². The second kappa shape index (κ2) is 10.2. The van der Waals surface area contributed by atoms with Crippen LogP contribution in [-0.2, 0) is 11.4 Å². The molecule has 0 spiro atoms. The molecule has 140 valence electrons. The van der Waals surface area contributed by atoms with E-state index in [4.69, 9.17) is 4.74 Å². The largest absolute Gasteiger partial charge is 0.489 e. The van der Waals surface area contributed by atoms with Crippen LogP contribution >= 0.6 is 12.4 Å². The normalized spacial score (nSPS) is 14.7. The molecule has 26 heavy (non-hydrogen) atoms. The number of nitrogens with one attached hydrogen (secondary N) is 2. The molecule has 5 nitrogen and oxygen atoms in total. The summed E-state index contributed by atoms with van der Waals surface area (Å²) < 4.78 is 5.78. The van der Waals surface area contributed by atoms with Crippen molar-refractivity contribution in [1.82, 2.24) is 10.6 Å². The lowest BCUT2D eigenvalue weighted by Crippen LogP contribution is -2.44. The van der Waals surface area contributed by atoms with Crippen molar-refractivity contribution in [2.45, 2.75) is 19.1 Å². The summed E-state index contributed by atoms with van der Waals surface area (Å²) in [6.07, 6.45) is -0.233. The Morgan fingerprint density at radius 2 is 1.96 bits per heavy atom. The molecule has 0 radical (unpaired) electrons. The zero-order valence-corrected chi connectivity index (χ0v) is 15.4. The van der Waals surface area contributed by atoms with Crippen LogP contribution < -0.4 is 15.4 Å². The number of ether oxygens (including phenoxy) is 1. The van der Waals surface area contributed by atoms with Gasteiger partial charge in [0.15, 0.2) is 0 Å². The van der Waals surface area contributed by atoms with Gasteiger partial charge in [0.05, 0.1) is 6.10 Å². The number of halogens is 1. The Morgan fingerprint density at radius 3 is 2.65 bits per heavy atom. The first kappa shape index (κ1) is 20.2. The van der Waals surface area contributed by atoms with Gasteiger partial charge in [-0.2, -0.15) is 0 Å². The van der Waals surface area contributed by atoms with E-state index in [0.29, 0.717) is 24.7 Å². The van der Waals surface area contributed by atoms with Crippen molar-refractivity contribution < 1.29 is 14.6 Å². The number of benzene rings is 2. The number of rotatable bonds is 8. The maximum atomic E-state index is 11.8. The van der Waals surface area contributed by atoms with Crippen LogP contribution in [0.15, 0.2) is 54.6 Å². The number of hydrogen-bond donors (Lipinski definition) is 3. The van der Waals surface area contributed by atoms with Crippen molar-refractivity contribution in [3.63, 3.8) is 0 Å². The Hall–Kier alpha value is -2.08. The Kier molecular flexibility index (Phi) is 7.91. The first-order valence-corrected chi connectivity index (χ1v) is 8.63. The number of aliphatic hydroxyl groups is 1. The monoisotopic (exact) mass is 376 g/mol. The van der Waals surface area contributed by atoms with Gasteiger partial charge in [-0.15, -0.1) is 12.4 Å². The van der Waals surface area contributed by atoms with Gasteiger partial charge in [-0.1, -0.05) is 42.5 Å². The molecule has 0 saturated carbocycles. The van der Waals surface area contributed by atoms with E-state index in [2.05, 4.69) is 10.6 Å². The van der Waals surface area contributed by atoms with Gasteiger partial charge in [-0.05, 0) is 42.3 Å². The zero-order chi connectivity index (χ0) is 17.5. The van der Waals surface area contributed by atoms with Crippen LogP contribution in [0.2, 0.25) is 0 Å². The SMILES string of the molecule is Cl.O=C(CC1CNC1)NCC(O)c1cccc(OCc2ccccc2)c1. The van der Waals surface area contributed by atoms with Gasteiger partial charge >= 0.3 is 0 Å². The van der Waals surface area contributed by atoms with Crippen molar-refractivity contribution in [1.29, 1.82) is 0 Å². The van der Waals surface area contributed by atoms with E-state index in [1.165, 1.54) is 0 Å². The highest BCUT2D eigenvalue weighted by atomic mass is 35.5. The lowest BCUT2D eigenvalue weighted by molar-refractivity contribution is -0.122. The van der Waals surface area contributed by atoms with Gasteiger partial charge in [0.25, 0.3) is 0 Å². The van der Waals surface area contributed by atoms with Crippen LogP contribution in [0.1, 0.15) is 23.7 Å². The minimum Gasteiger partial charge on any atom is -0.489 e. The molecule has 1 unspecified atom stereocenters. The minimum atomic E-state index is -0.747. The predicted molar refractivity (Wildman–Crippen MR) is 103 cm³/mol. The highest BCUT2D eigenvalue weighted by Crippen LogP contribution is 2.20. The van der Waals surface area contributed by atoms with Crippen molar-refractivity contribution in [3.8, 4) is 5.75 Å². The van der Waals surface area contributed by atoms with Crippen molar-refractivity contribution in [2.24, 2.45) is 5.92 Å².